The van der Waals surface area contributed by atoms with Gasteiger partial charge in [0.25, 0.3) is 0 Å². The molecule has 0 radical (unpaired) electrons. The molecule has 2 rings (SSSR count). The largest absolute Gasteiger partial charge is 0.299 e. The number of hydrogen-bond donors (Lipinski definition) is 0. The van der Waals surface area contributed by atoms with E-state index in [1.807, 2.05) is 0 Å². The van der Waals surface area contributed by atoms with Gasteiger partial charge >= 0.3 is 0 Å². The first-order chi connectivity index (χ1) is 5.95. The summed E-state index contributed by atoms with van der Waals surface area (Å²) >= 11 is 0. The highest BCUT2D eigenvalue weighted by Gasteiger charge is 2.19. The molecule has 0 spiro atoms. The number of hydrogen-bond acceptors (Lipinski definition) is 2. The molecule has 2 nitrogen and oxygen atoms in total. The summed E-state index contributed by atoms with van der Waals surface area (Å²) in [5.41, 5.74) is 0. The normalized spacial score (nSPS) is 27.0. The zero-order valence-corrected chi connectivity index (χ0v) is 7.80. The third kappa shape index (κ3) is 2.20. The van der Waals surface area contributed by atoms with Crippen molar-refractivity contribution < 1.29 is 4.84 Å². The fraction of sp³-hybridized carbons (Fsp3) is 1.00. The highest BCUT2D eigenvalue weighted by atomic mass is 16.7. The minimum Gasteiger partial charge on any atom is -0.299 e. The molecule has 0 unspecified atom stereocenters. The van der Waals surface area contributed by atoms with E-state index >= 15 is 0 Å². The average molecular weight is 169 g/mol. The Labute approximate surface area is 74.8 Å². The first-order valence-electron chi connectivity index (χ1n) is 5.33. The Bertz CT molecular complexity index is 128. The third-order valence-corrected chi connectivity index (χ3v) is 3.03. The van der Waals surface area contributed by atoms with Gasteiger partial charge in [-0.1, -0.05) is 12.8 Å². The molecule has 70 valence electrons. The standard InChI is InChI=1S/C10H19NO/c1-2-7-11(8-3-1)12-9-10-5-4-6-10/h10H,1-9H2. The molecule has 2 fully saturated rings. The lowest BCUT2D eigenvalue weighted by Crippen LogP contribution is -2.32. The Kier molecular flexibility index (Phi) is 3.01. The van der Waals surface area contributed by atoms with Gasteiger partial charge in [-0.15, -0.1) is 0 Å². The van der Waals surface area contributed by atoms with Crippen LogP contribution in [-0.2, 0) is 4.84 Å². The van der Waals surface area contributed by atoms with Crippen LogP contribution in [0.2, 0.25) is 0 Å². The van der Waals surface area contributed by atoms with Crippen LogP contribution >= 0.6 is 0 Å². The molecule has 0 bridgehead atoms. The molecule has 1 heterocycles. The van der Waals surface area contributed by atoms with Crippen LogP contribution in [0.25, 0.3) is 0 Å². The van der Waals surface area contributed by atoms with Gasteiger partial charge < -0.3 is 0 Å². The Morgan fingerprint density at radius 1 is 1.00 bits per heavy atom. The van der Waals surface area contributed by atoms with Crippen LogP contribution in [0.4, 0.5) is 0 Å². The monoisotopic (exact) mass is 169 g/mol. The summed E-state index contributed by atoms with van der Waals surface area (Å²) in [6, 6.07) is 0. The van der Waals surface area contributed by atoms with Crippen molar-refractivity contribution in [3.63, 3.8) is 0 Å². The zero-order chi connectivity index (χ0) is 8.23. The molecule has 1 aliphatic heterocycles. The molecule has 0 aromatic carbocycles. The summed E-state index contributed by atoms with van der Waals surface area (Å²) in [7, 11) is 0. The fourth-order valence-corrected chi connectivity index (χ4v) is 1.86. The average Bonchev–Trinajstić information content (AvgIpc) is 2.04. The van der Waals surface area contributed by atoms with Crippen molar-refractivity contribution in [2.75, 3.05) is 19.7 Å². The zero-order valence-electron chi connectivity index (χ0n) is 7.80. The smallest absolute Gasteiger partial charge is 0.0713 e. The van der Waals surface area contributed by atoms with E-state index in [1.165, 1.54) is 38.5 Å². The molecular formula is C10H19NO. The van der Waals surface area contributed by atoms with Crippen molar-refractivity contribution in [3.05, 3.63) is 0 Å². The Morgan fingerprint density at radius 3 is 2.33 bits per heavy atom. The predicted octanol–water partition coefficient (Wildman–Crippen LogP) is 2.20. The number of piperidine rings is 1. The van der Waals surface area contributed by atoms with Crippen LogP contribution in [-0.4, -0.2) is 24.8 Å². The fourth-order valence-electron chi connectivity index (χ4n) is 1.86. The summed E-state index contributed by atoms with van der Waals surface area (Å²) < 4.78 is 0. The molecule has 12 heavy (non-hydrogen) atoms. The maximum absolute atomic E-state index is 5.72. The topological polar surface area (TPSA) is 12.5 Å². The first-order valence-corrected chi connectivity index (χ1v) is 5.33. The molecule has 0 atom stereocenters. The number of nitrogens with zero attached hydrogens (tertiary/aromatic N) is 1. The van der Waals surface area contributed by atoms with Gasteiger partial charge in [-0.2, -0.15) is 5.06 Å². The third-order valence-electron chi connectivity index (χ3n) is 3.03. The summed E-state index contributed by atoms with van der Waals surface area (Å²) in [4.78, 5) is 5.72. The van der Waals surface area contributed by atoms with E-state index in [9.17, 15) is 0 Å². The van der Waals surface area contributed by atoms with Crippen LogP contribution in [0.1, 0.15) is 38.5 Å². The maximum Gasteiger partial charge on any atom is 0.0713 e. The molecular weight excluding hydrogens is 150 g/mol. The van der Waals surface area contributed by atoms with Crippen molar-refractivity contribution in [2.45, 2.75) is 38.5 Å². The van der Waals surface area contributed by atoms with Crippen molar-refractivity contribution in [2.24, 2.45) is 5.92 Å². The predicted molar refractivity (Wildman–Crippen MR) is 48.7 cm³/mol. The van der Waals surface area contributed by atoms with Gasteiger partial charge in [0.2, 0.25) is 0 Å². The SMILES string of the molecule is C1CCN(OCC2CCC2)CC1. The molecule has 0 N–H and O–H groups in total. The van der Waals surface area contributed by atoms with Crippen molar-refractivity contribution in [1.82, 2.24) is 5.06 Å². The number of hydroxylamine groups is 2. The van der Waals surface area contributed by atoms with Crippen LogP contribution < -0.4 is 0 Å². The summed E-state index contributed by atoms with van der Waals surface area (Å²) in [6.45, 7) is 3.30. The van der Waals surface area contributed by atoms with E-state index in [-0.39, 0.29) is 0 Å². The molecule has 1 saturated heterocycles. The Morgan fingerprint density at radius 2 is 1.75 bits per heavy atom. The molecule has 0 aromatic rings. The highest BCUT2D eigenvalue weighted by Crippen LogP contribution is 2.26. The van der Waals surface area contributed by atoms with Crippen LogP contribution in [0, 0.1) is 5.92 Å². The van der Waals surface area contributed by atoms with Crippen LogP contribution in [0.5, 0.6) is 0 Å². The van der Waals surface area contributed by atoms with Gasteiger partial charge in [-0.25, -0.2) is 0 Å². The molecule has 0 amide bonds. The van der Waals surface area contributed by atoms with E-state index in [0.717, 1.165) is 25.6 Å². The molecule has 1 aliphatic carbocycles. The van der Waals surface area contributed by atoms with E-state index in [0.29, 0.717) is 0 Å². The van der Waals surface area contributed by atoms with E-state index in [1.54, 1.807) is 0 Å². The van der Waals surface area contributed by atoms with E-state index in [4.69, 9.17) is 4.84 Å². The van der Waals surface area contributed by atoms with Gasteiger partial charge in [0, 0.05) is 13.1 Å². The van der Waals surface area contributed by atoms with Crippen molar-refractivity contribution in [1.29, 1.82) is 0 Å². The Hall–Kier alpha value is -0.0800. The Balaban J connectivity index is 1.58. The molecule has 1 saturated carbocycles. The summed E-state index contributed by atoms with van der Waals surface area (Å²) in [5.74, 6) is 0.881. The minimum absolute atomic E-state index is 0.881. The van der Waals surface area contributed by atoms with E-state index in [2.05, 4.69) is 5.06 Å². The van der Waals surface area contributed by atoms with Crippen molar-refractivity contribution in [3.8, 4) is 0 Å². The number of rotatable bonds is 3. The lowest BCUT2D eigenvalue weighted by atomic mass is 9.86. The van der Waals surface area contributed by atoms with E-state index < -0.39 is 0 Å². The first kappa shape index (κ1) is 8.52. The molecule has 0 aromatic heterocycles. The lowest BCUT2D eigenvalue weighted by Gasteiger charge is -2.30. The van der Waals surface area contributed by atoms with Gasteiger partial charge in [-0.3, -0.25) is 4.84 Å². The summed E-state index contributed by atoms with van der Waals surface area (Å²) in [6.07, 6.45) is 8.26. The molecule has 2 heteroatoms. The quantitative estimate of drug-likeness (QED) is 0.642. The second-order valence-electron chi connectivity index (χ2n) is 4.08. The minimum atomic E-state index is 0.881. The van der Waals surface area contributed by atoms with Gasteiger partial charge in [0.1, 0.15) is 0 Å². The molecule has 2 aliphatic rings. The van der Waals surface area contributed by atoms with Crippen molar-refractivity contribution >= 4 is 0 Å². The van der Waals surface area contributed by atoms with Gasteiger partial charge in [0.05, 0.1) is 6.61 Å². The van der Waals surface area contributed by atoms with Crippen LogP contribution in [0.3, 0.4) is 0 Å². The maximum atomic E-state index is 5.72. The van der Waals surface area contributed by atoms with Crippen LogP contribution in [0.15, 0.2) is 0 Å². The second-order valence-corrected chi connectivity index (χ2v) is 4.08. The van der Waals surface area contributed by atoms with Gasteiger partial charge in [-0.05, 0) is 31.6 Å². The highest BCUT2D eigenvalue weighted by molar-refractivity contribution is 4.68. The lowest BCUT2D eigenvalue weighted by molar-refractivity contribution is -0.183. The van der Waals surface area contributed by atoms with Gasteiger partial charge in [0.15, 0.2) is 0 Å². The second kappa shape index (κ2) is 4.24. The summed E-state index contributed by atoms with van der Waals surface area (Å²) in [5, 5.41) is 2.17.